The lowest BCUT2D eigenvalue weighted by atomic mass is 10.1. The number of piperidine rings is 1. The molecule has 1 unspecified atom stereocenters. The summed E-state index contributed by atoms with van der Waals surface area (Å²) in [7, 11) is 2.19. The SMILES string of the molecule is CN1CCC(OCCCNC2CCCOC2)CC1. The molecule has 4 heteroatoms. The van der Waals surface area contributed by atoms with E-state index in [9.17, 15) is 0 Å². The van der Waals surface area contributed by atoms with Gasteiger partial charge in [-0.05, 0) is 45.7 Å². The average Bonchev–Trinajstić information content (AvgIpc) is 2.42. The summed E-state index contributed by atoms with van der Waals surface area (Å²) < 4.78 is 11.4. The Morgan fingerprint density at radius 2 is 2.11 bits per heavy atom. The van der Waals surface area contributed by atoms with Gasteiger partial charge in [-0.25, -0.2) is 0 Å². The molecule has 18 heavy (non-hydrogen) atoms. The van der Waals surface area contributed by atoms with Gasteiger partial charge >= 0.3 is 0 Å². The standard InChI is InChI=1S/C14H28N2O2/c1-16-8-5-14(6-9-16)18-11-3-7-15-13-4-2-10-17-12-13/h13-15H,2-12H2,1H3. The van der Waals surface area contributed by atoms with Crippen LogP contribution in [0, 0.1) is 0 Å². The van der Waals surface area contributed by atoms with E-state index in [-0.39, 0.29) is 0 Å². The first-order valence-electron chi connectivity index (χ1n) is 7.46. The summed E-state index contributed by atoms with van der Waals surface area (Å²) in [4.78, 5) is 2.38. The van der Waals surface area contributed by atoms with E-state index in [2.05, 4.69) is 17.3 Å². The zero-order valence-electron chi connectivity index (χ0n) is 11.7. The number of hydrogen-bond donors (Lipinski definition) is 1. The van der Waals surface area contributed by atoms with Crippen LogP contribution in [0.4, 0.5) is 0 Å². The molecule has 0 aliphatic carbocycles. The van der Waals surface area contributed by atoms with Crippen molar-refractivity contribution in [2.45, 2.75) is 44.2 Å². The molecule has 2 aliphatic rings. The molecule has 0 aromatic carbocycles. The van der Waals surface area contributed by atoms with E-state index in [0.29, 0.717) is 12.1 Å². The van der Waals surface area contributed by atoms with Gasteiger partial charge in [0, 0.05) is 32.3 Å². The molecule has 0 bridgehead atoms. The molecule has 4 nitrogen and oxygen atoms in total. The van der Waals surface area contributed by atoms with Crippen molar-refractivity contribution in [3.63, 3.8) is 0 Å². The van der Waals surface area contributed by atoms with Crippen LogP contribution in [-0.2, 0) is 9.47 Å². The first-order valence-corrected chi connectivity index (χ1v) is 7.46. The molecule has 0 amide bonds. The van der Waals surface area contributed by atoms with Gasteiger partial charge in [-0.2, -0.15) is 0 Å². The molecule has 2 heterocycles. The fraction of sp³-hybridized carbons (Fsp3) is 1.00. The van der Waals surface area contributed by atoms with Gasteiger partial charge in [0.1, 0.15) is 0 Å². The third-order valence-electron chi connectivity index (χ3n) is 3.93. The minimum absolute atomic E-state index is 0.499. The van der Waals surface area contributed by atoms with E-state index in [1.54, 1.807) is 0 Å². The Kier molecular flexibility index (Phi) is 6.41. The highest BCUT2D eigenvalue weighted by Crippen LogP contribution is 2.12. The summed E-state index contributed by atoms with van der Waals surface area (Å²) >= 11 is 0. The van der Waals surface area contributed by atoms with E-state index in [1.807, 2.05) is 0 Å². The highest BCUT2D eigenvalue weighted by molar-refractivity contribution is 4.71. The van der Waals surface area contributed by atoms with Crippen molar-refractivity contribution < 1.29 is 9.47 Å². The van der Waals surface area contributed by atoms with Gasteiger partial charge in [0.05, 0.1) is 12.7 Å². The van der Waals surface area contributed by atoms with Crippen LogP contribution in [0.1, 0.15) is 32.1 Å². The first-order chi connectivity index (χ1) is 8.84. The maximum atomic E-state index is 5.92. The van der Waals surface area contributed by atoms with Gasteiger partial charge in [-0.1, -0.05) is 0 Å². The summed E-state index contributed by atoms with van der Waals surface area (Å²) in [5, 5.41) is 3.55. The molecule has 1 N–H and O–H groups in total. The highest BCUT2D eigenvalue weighted by atomic mass is 16.5. The molecule has 0 spiro atoms. The maximum absolute atomic E-state index is 5.92. The Morgan fingerprint density at radius 1 is 1.28 bits per heavy atom. The quantitative estimate of drug-likeness (QED) is 0.725. The van der Waals surface area contributed by atoms with Gasteiger partial charge < -0.3 is 19.7 Å². The third kappa shape index (κ3) is 5.22. The maximum Gasteiger partial charge on any atom is 0.0619 e. The van der Waals surface area contributed by atoms with Crippen LogP contribution in [0.2, 0.25) is 0 Å². The largest absolute Gasteiger partial charge is 0.380 e. The lowest BCUT2D eigenvalue weighted by molar-refractivity contribution is 0.0105. The van der Waals surface area contributed by atoms with Crippen LogP contribution in [0.5, 0.6) is 0 Å². The van der Waals surface area contributed by atoms with Crippen molar-refractivity contribution in [3.8, 4) is 0 Å². The topological polar surface area (TPSA) is 33.7 Å². The second kappa shape index (κ2) is 8.10. The van der Waals surface area contributed by atoms with Crippen molar-refractivity contribution in [2.75, 3.05) is 46.5 Å². The molecule has 0 saturated carbocycles. The van der Waals surface area contributed by atoms with Gasteiger partial charge in [0.25, 0.3) is 0 Å². The fourth-order valence-corrected chi connectivity index (χ4v) is 2.68. The van der Waals surface area contributed by atoms with Crippen LogP contribution in [0.25, 0.3) is 0 Å². The summed E-state index contributed by atoms with van der Waals surface area (Å²) in [6.07, 6.45) is 6.46. The number of hydrogen-bond acceptors (Lipinski definition) is 4. The van der Waals surface area contributed by atoms with Crippen molar-refractivity contribution in [1.82, 2.24) is 10.2 Å². The summed E-state index contributed by atoms with van der Waals surface area (Å²) in [5.74, 6) is 0. The van der Waals surface area contributed by atoms with Crippen LogP contribution in [0.3, 0.4) is 0 Å². The molecule has 2 rings (SSSR count). The normalized spacial score (nSPS) is 27.5. The Bertz CT molecular complexity index is 212. The van der Waals surface area contributed by atoms with Crippen molar-refractivity contribution in [1.29, 1.82) is 0 Å². The lowest BCUT2D eigenvalue weighted by Gasteiger charge is -2.29. The highest BCUT2D eigenvalue weighted by Gasteiger charge is 2.16. The minimum atomic E-state index is 0.499. The molecule has 0 radical (unpaired) electrons. The zero-order valence-corrected chi connectivity index (χ0v) is 11.7. The molecule has 2 saturated heterocycles. The second-order valence-corrected chi connectivity index (χ2v) is 5.60. The Balaban J connectivity index is 1.43. The molecule has 0 aromatic rings. The van der Waals surface area contributed by atoms with Crippen LogP contribution < -0.4 is 5.32 Å². The lowest BCUT2D eigenvalue weighted by Crippen LogP contribution is -2.38. The fourth-order valence-electron chi connectivity index (χ4n) is 2.68. The van der Waals surface area contributed by atoms with Crippen LogP contribution in [0.15, 0.2) is 0 Å². The minimum Gasteiger partial charge on any atom is -0.380 e. The second-order valence-electron chi connectivity index (χ2n) is 5.60. The smallest absolute Gasteiger partial charge is 0.0619 e. The van der Waals surface area contributed by atoms with Crippen molar-refractivity contribution in [2.24, 2.45) is 0 Å². The number of rotatable bonds is 6. The third-order valence-corrected chi connectivity index (χ3v) is 3.93. The number of likely N-dealkylation sites (tertiary alicyclic amines) is 1. The Labute approximate surface area is 111 Å². The molecule has 0 aromatic heterocycles. The van der Waals surface area contributed by atoms with E-state index in [0.717, 1.165) is 32.8 Å². The van der Waals surface area contributed by atoms with Gasteiger partial charge in [-0.3, -0.25) is 0 Å². The monoisotopic (exact) mass is 256 g/mol. The molecule has 1 atom stereocenters. The van der Waals surface area contributed by atoms with E-state index in [1.165, 1.54) is 38.8 Å². The van der Waals surface area contributed by atoms with E-state index < -0.39 is 0 Å². The van der Waals surface area contributed by atoms with Gasteiger partial charge in [0.2, 0.25) is 0 Å². The zero-order chi connectivity index (χ0) is 12.6. The number of nitrogens with zero attached hydrogens (tertiary/aromatic N) is 1. The summed E-state index contributed by atoms with van der Waals surface area (Å²) in [5.41, 5.74) is 0. The molecule has 2 fully saturated rings. The Hall–Kier alpha value is -0.160. The first kappa shape index (κ1) is 14.3. The van der Waals surface area contributed by atoms with E-state index >= 15 is 0 Å². The van der Waals surface area contributed by atoms with Crippen molar-refractivity contribution in [3.05, 3.63) is 0 Å². The molecular weight excluding hydrogens is 228 g/mol. The predicted octanol–water partition coefficient (Wildman–Crippen LogP) is 1.26. The number of ether oxygens (including phenoxy) is 2. The molecular formula is C14H28N2O2. The van der Waals surface area contributed by atoms with Crippen LogP contribution >= 0.6 is 0 Å². The molecule has 106 valence electrons. The van der Waals surface area contributed by atoms with Crippen molar-refractivity contribution >= 4 is 0 Å². The predicted molar refractivity (Wildman–Crippen MR) is 72.9 cm³/mol. The van der Waals surface area contributed by atoms with E-state index in [4.69, 9.17) is 9.47 Å². The molecule has 2 aliphatic heterocycles. The number of nitrogens with one attached hydrogen (secondary N) is 1. The van der Waals surface area contributed by atoms with Crippen LogP contribution in [-0.4, -0.2) is 63.5 Å². The average molecular weight is 256 g/mol. The van der Waals surface area contributed by atoms with Gasteiger partial charge in [0.15, 0.2) is 0 Å². The van der Waals surface area contributed by atoms with Gasteiger partial charge in [-0.15, -0.1) is 0 Å². The summed E-state index contributed by atoms with van der Waals surface area (Å²) in [6.45, 7) is 6.15. The summed E-state index contributed by atoms with van der Waals surface area (Å²) in [6, 6.07) is 0.571. The Morgan fingerprint density at radius 3 is 2.83 bits per heavy atom.